The maximum atomic E-state index is 13.1. The molecule has 0 bridgehead atoms. The average Bonchev–Trinajstić information content (AvgIpc) is 2.79. The Labute approximate surface area is 189 Å². The number of benzene rings is 3. The largest absolute Gasteiger partial charge is 0.489 e. The van der Waals surface area contributed by atoms with Gasteiger partial charge < -0.3 is 4.74 Å². The summed E-state index contributed by atoms with van der Waals surface area (Å²) >= 11 is 3.43. The fraction of sp³-hybridized carbons (Fsp3) is 0.160. The zero-order chi connectivity index (χ0) is 21.6. The van der Waals surface area contributed by atoms with E-state index in [1.807, 2.05) is 66.7 Å². The minimum atomic E-state index is -0.178. The van der Waals surface area contributed by atoms with Crippen molar-refractivity contribution in [2.75, 3.05) is 0 Å². The number of nitrogens with zero attached hydrogens (tertiary/aromatic N) is 3. The van der Waals surface area contributed by atoms with Crippen LogP contribution in [0, 0.1) is 0 Å². The topological polar surface area (TPSA) is 56.5 Å². The molecule has 3 aromatic carbocycles. The molecular weight excluding hydrogens is 454 g/mol. The first-order chi connectivity index (χ1) is 15.1. The van der Waals surface area contributed by atoms with E-state index in [2.05, 4.69) is 32.9 Å². The highest BCUT2D eigenvalue weighted by Crippen LogP contribution is 2.17. The first kappa shape index (κ1) is 21.0. The minimum Gasteiger partial charge on any atom is -0.489 e. The van der Waals surface area contributed by atoms with Gasteiger partial charge in [0.25, 0.3) is 5.56 Å². The lowest BCUT2D eigenvalue weighted by atomic mass is 10.2. The van der Waals surface area contributed by atoms with Crippen molar-refractivity contribution in [3.63, 3.8) is 0 Å². The summed E-state index contributed by atoms with van der Waals surface area (Å²) in [6.45, 7) is 2.55. The predicted octanol–water partition coefficient (Wildman–Crippen LogP) is 5.57. The van der Waals surface area contributed by atoms with E-state index in [-0.39, 0.29) is 5.56 Å². The molecule has 0 amide bonds. The lowest BCUT2D eigenvalue weighted by molar-refractivity contribution is 0.306. The second kappa shape index (κ2) is 9.71. The van der Waals surface area contributed by atoms with E-state index in [0.717, 1.165) is 27.8 Å². The fourth-order valence-electron chi connectivity index (χ4n) is 3.25. The van der Waals surface area contributed by atoms with E-state index in [1.54, 1.807) is 12.3 Å². The van der Waals surface area contributed by atoms with Crippen LogP contribution in [0.2, 0.25) is 0 Å². The van der Waals surface area contributed by atoms with Crippen LogP contribution in [0.4, 0.5) is 0 Å². The lowest BCUT2D eigenvalue weighted by Crippen LogP contribution is -2.22. The summed E-state index contributed by atoms with van der Waals surface area (Å²) in [5.74, 6) is 1.39. The molecule has 0 unspecified atom stereocenters. The van der Waals surface area contributed by atoms with Gasteiger partial charge in [0.1, 0.15) is 18.2 Å². The minimum absolute atomic E-state index is 0.178. The molecule has 0 fully saturated rings. The lowest BCUT2D eigenvalue weighted by Gasteiger charge is -2.09. The molecule has 0 atom stereocenters. The highest BCUT2D eigenvalue weighted by molar-refractivity contribution is 9.10. The summed E-state index contributed by atoms with van der Waals surface area (Å²) in [5.41, 5.74) is 2.45. The Morgan fingerprint density at radius 3 is 2.71 bits per heavy atom. The van der Waals surface area contributed by atoms with Crippen LogP contribution in [-0.2, 0) is 13.0 Å². The summed E-state index contributed by atoms with van der Waals surface area (Å²) < 4.78 is 8.13. The molecule has 6 heteroatoms. The van der Waals surface area contributed by atoms with Crippen LogP contribution in [-0.4, -0.2) is 15.9 Å². The quantitative estimate of drug-likeness (QED) is 0.328. The maximum absolute atomic E-state index is 13.1. The third-order valence-corrected chi connectivity index (χ3v) is 5.27. The van der Waals surface area contributed by atoms with Crippen molar-refractivity contribution in [1.29, 1.82) is 0 Å². The van der Waals surface area contributed by atoms with Crippen molar-refractivity contribution >= 4 is 33.0 Å². The molecule has 156 valence electrons. The Hall–Kier alpha value is -3.25. The first-order valence-electron chi connectivity index (χ1n) is 10.2. The molecule has 4 aromatic rings. The Kier molecular flexibility index (Phi) is 6.57. The van der Waals surface area contributed by atoms with Gasteiger partial charge in [0, 0.05) is 10.9 Å². The van der Waals surface area contributed by atoms with Crippen molar-refractivity contribution in [1.82, 2.24) is 9.66 Å². The van der Waals surface area contributed by atoms with Crippen molar-refractivity contribution in [2.45, 2.75) is 26.4 Å². The van der Waals surface area contributed by atoms with Gasteiger partial charge in [-0.3, -0.25) is 4.79 Å². The summed E-state index contributed by atoms with van der Waals surface area (Å²) in [7, 11) is 0. The zero-order valence-electron chi connectivity index (χ0n) is 17.2. The van der Waals surface area contributed by atoms with Gasteiger partial charge in [0.15, 0.2) is 0 Å². The van der Waals surface area contributed by atoms with Crippen LogP contribution >= 0.6 is 15.9 Å². The van der Waals surface area contributed by atoms with Gasteiger partial charge in [0.2, 0.25) is 0 Å². The Balaban J connectivity index is 1.62. The van der Waals surface area contributed by atoms with Crippen LogP contribution in [0.1, 0.15) is 30.3 Å². The van der Waals surface area contributed by atoms with E-state index in [4.69, 9.17) is 4.74 Å². The van der Waals surface area contributed by atoms with E-state index in [9.17, 15) is 4.79 Å². The number of hydrogen-bond acceptors (Lipinski definition) is 4. The third-order valence-electron chi connectivity index (χ3n) is 4.78. The fourth-order valence-corrected chi connectivity index (χ4v) is 3.61. The molecule has 0 aliphatic rings. The maximum Gasteiger partial charge on any atom is 0.282 e. The van der Waals surface area contributed by atoms with Gasteiger partial charge >= 0.3 is 0 Å². The molecule has 0 spiro atoms. The molecular formula is C25H22BrN3O2. The normalized spacial score (nSPS) is 11.3. The molecule has 31 heavy (non-hydrogen) atoms. The molecule has 0 saturated carbocycles. The smallest absolute Gasteiger partial charge is 0.282 e. The molecule has 0 saturated heterocycles. The van der Waals surface area contributed by atoms with Crippen molar-refractivity contribution in [3.8, 4) is 5.75 Å². The summed E-state index contributed by atoms with van der Waals surface area (Å²) in [4.78, 5) is 17.8. The number of fused-ring (bicyclic) bond motifs is 1. The number of halogens is 1. The van der Waals surface area contributed by atoms with Gasteiger partial charge in [-0.2, -0.15) is 9.78 Å². The van der Waals surface area contributed by atoms with Crippen LogP contribution in [0.15, 0.2) is 87.2 Å². The van der Waals surface area contributed by atoms with Gasteiger partial charge in [0.05, 0.1) is 17.1 Å². The monoisotopic (exact) mass is 475 g/mol. The van der Waals surface area contributed by atoms with Crippen molar-refractivity contribution in [3.05, 3.63) is 105 Å². The molecule has 0 aliphatic carbocycles. The van der Waals surface area contributed by atoms with Gasteiger partial charge in [-0.1, -0.05) is 65.3 Å². The molecule has 1 heterocycles. The SMILES string of the molecule is CCCc1nc2ccc(Br)cc2c(=O)n1N=Cc1cccc(OCc2ccccc2)c1. The average molecular weight is 476 g/mol. The van der Waals surface area contributed by atoms with Crippen molar-refractivity contribution in [2.24, 2.45) is 5.10 Å². The predicted molar refractivity (Wildman–Crippen MR) is 128 cm³/mol. The summed E-state index contributed by atoms with van der Waals surface area (Å²) in [6.07, 6.45) is 3.20. The van der Waals surface area contributed by atoms with E-state index < -0.39 is 0 Å². The first-order valence-corrected chi connectivity index (χ1v) is 11.0. The van der Waals surface area contributed by atoms with Gasteiger partial charge in [-0.15, -0.1) is 0 Å². The second-order valence-corrected chi connectivity index (χ2v) is 8.06. The third kappa shape index (κ3) is 5.09. The zero-order valence-corrected chi connectivity index (χ0v) is 18.7. The molecule has 0 radical (unpaired) electrons. The molecule has 4 rings (SSSR count). The molecule has 0 aliphatic heterocycles. The standard InChI is InChI=1S/C25H22BrN3O2/c1-2-7-24-28-23-13-12-20(26)15-22(23)25(30)29(24)27-16-19-10-6-11-21(14-19)31-17-18-8-4-3-5-9-18/h3-6,8-16H,2,7,17H2,1H3. The Morgan fingerprint density at radius 2 is 1.90 bits per heavy atom. The second-order valence-electron chi connectivity index (χ2n) is 7.15. The highest BCUT2D eigenvalue weighted by atomic mass is 79.9. The highest BCUT2D eigenvalue weighted by Gasteiger charge is 2.10. The number of aromatic nitrogens is 2. The number of ether oxygens (including phenoxy) is 1. The van der Waals surface area contributed by atoms with Gasteiger partial charge in [-0.25, -0.2) is 4.98 Å². The van der Waals surface area contributed by atoms with Crippen LogP contribution < -0.4 is 10.3 Å². The van der Waals surface area contributed by atoms with Crippen molar-refractivity contribution < 1.29 is 4.74 Å². The molecule has 1 aromatic heterocycles. The summed E-state index contributed by atoms with van der Waals surface area (Å²) in [6, 6.07) is 23.2. The van der Waals surface area contributed by atoms with Crippen LogP contribution in [0.5, 0.6) is 5.75 Å². The number of hydrogen-bond donors (Lipinski definition) is 0. The van der Waals surface area contributed by atoms with Crippen LogP contribution in [0.25, 0.3) is 10.9 Å². The number of rotatable bonds is 7. The van der Waals surface area contributed by atoms with E-state index >= 15 is 0 Å². The van der Waals surface area contributed by atoms with E-state index in [1.165, 1.54) is 4.68 Å². The summed E-state index contributed by atoms with van der Waals surface area (Å²) in [5, 5.41) is 5.01. The molecule has 5 nitrogen and oxygen atoms in total. The number of aryl methyl sites for hydroxylation is 1. The van der Waals surface area contributed by atoms with E-state index in [0.29, 0.717) is 29.8 Å². The Morgan fingerprint density at radius 1 is 1.06 bits per heavy atom. The van der Waals surface area contributed by atoms with Gasteiger partial charge in [-0.05, 0) is 47.9 Å². The van der Waals surface area contributed by atoms with Crippen LogP contribution in [0.3, 0.4) is 0 Å². The molecule has 0 N–H and O–H groups in total. The Bertz CT molecular complexity index is 1280.